The van der Waals surface area contributed by atoms with Gasteiger partial charge in [0, 0.05) is 5.56 Å². The number of nitrogen functional groups attached to an aromatic ring is 1. The van der Waals surface area contributed by atoms with Gasteiger partial charge in [0.25, 0.3) is 5.91 Å². The number of para-hydroxylation sites is 3. The van der Waals surface area contributed by atoms with Gasteiger partial charge in [0.2, 0.25) is 0 Å². The lowest BCUT2D eigenvalue weighted by molar-refractivity contribution is 0.102. The van der Waals surface area contributed by atoms with Gasteiger partial charge in [0.15, 0.2) is 0 Å². The summed E-state index contributed by atoms with van der Waals surface area (Å²) in [6.45, 7) is 0.469. The van der Waals surface area contributed by atoms with Crippen LogP contribution < -0.4 is 15.9 Å². The average Bonchev–Trinajstić information content (AvgIpc) is 2.99. The number of nitrogens with one attached hydrogen (secondary N) is 1. The lowest BCUT2D eigenvalue weighted by atomic mass is 10.1. The Balaban J connectivity index is 1.54. The fourth-order valence-electron chi connectivity index (χ4n) is 2.91. The SMILES string of the molecule is Nc1ccccc1NC(=O)c1ccc(Cn2c(=O)sc3ccccc32)cc1. The highest BCUT2D eigenvalue weighted by atomic mass is 32.1. The Morgan fingerprint density at radius 2 is 1.67 bits per heavy atom. The van der Waals surface area contributed by atoms with Gasteiger partial charge in [-0.3, -0.25) is 14.2 Å². The van der Waals surface area contributed by atoms with E-state index < -0.39 is 0 Å². The molecule has 0 spiro atoms. The number of amides is 1. The third-order valence-corrected chi connectivity index (χ3v) is 5.30. The largest absolute Gasteiger partial charge is 0.397 e. The van der Waals surface area contributed by atoms with Crippen LogP contribution in [-0.4, -0.2) is 10.5 Å². The minimum absolute atomic E-state index is 0.0116. The second kappa shape index (κ2) is 7.09. The summed E-state index contributed by atoms with van der Waals surface area (Å²) in [5.74, 6) is -0.224. The van der Waals surface area contributed by atoms with Gasteiger partial charge < -0.3 is 11.1 Å². The Morgan fingerprint density at radius 3 is 2.44 bits per heavy atom. The maximum absolute atomic E-state index is 12.4. The number of aromatic nitrogens is 1. The maximum atomic E-state index is 12.4. The number of carbonyl (C=O) groups is 1. The molecule has 1 heterocycles. The molecule has 0 radical (unpaired) electrons. The molecule has 4 aromatic rings. The van der Waals surface area contributed by atoms with Crippen LogP contribution in [-0.2, 0) is 6.54 Å². The first-order valence-corrected chi connectivity index (χ1v) is 9.26. The highest BCUT2D eigenvalue weighted by Crippen LogP contribution is 2.19. The minimum atomic E-state index is -0.224. The molecule has 3 N–H and O–H groups in total. The number of nitrogens with zero attached hydrogens (tertiary/aromatic N) is 1. The summed E-state index contributed by atoms with van der Waals surface area (Å²) in [6, 6.07) is 22.1. The third-order valence-electron chi connectivity index (χ3n) is 4.34. The molecule has 0 unspecified atom stereocenters. The normalized spacial score (nSPS) is 10.8. The van der Waals surface area contributed by atoms with E-state index in [2.05, 4.69) is 5.32 Å². The highest BCUT2D eigenvalue weighted by Gasteiger charge is 2.10. The predicted molar refractivity (Wildman–Crippen MR) is 110 cm³/mol. The molecule has 6 heteroatoms. The van der Waals surface area contributed by atoms with Gasteiger partial charge in [-0.1, -0.05) is 47.7 Å². The zero-order valence-electron chi connectivity index (χ0n) is 14.4. The minimum Gasteiger partial charge on any atom is -0.397 e. The van der Waals surface area contributed by atoms with Crippen LogP contribution in [0.2, 0.25) is 0 Å². The number of hydrogen-bond donors (Lipinski definition) is 2. The van der Waals surface area contributed by atoms with Gasteiger partial charge in [-0.25, -0.2) is 0 Å². The summed E-state index contributed by atoms with van der Waals surface area (Å²) in [7, 11) is 0. The van der Waals surface area contributed by atoms with Crippen LogP contribution in [0.4, 0.5) is 11.4 Å². The van der Waals surface area contributed by atoms with Crippen molar-refractivity contribution in [3.05, 3.63) is 93.6 Å². The van der Waals surface area contributed by atoms with E-state index in [9.17, 15) is 9.59 Å². The second-order valence-electron chi connectivity index (χ2n) is 6.16. The summed E-state index contributed by atoms with van der Waals surface area (Å²) >= 11 is 1.24. The number of thiazole rings is 1. The third kappa shape index (κ3) is 3.47. The van der Waals surface area contributed by atoms with Crippen LogP contribution in [0.25, 0.3) is 10.2 Å². The molecule has 3 aromatic carbocycles. The van der Waals surface area contributed by atoms with Crippen LogP contribution in [0.1, 0.15) is 15.9 Å². The smallest absolute Gasteiger partial charge is 0.308 e. The Labute approximate surface area is 159 Å². The van der Waals surface area contributed by atoms with Gasteiger partial charge in [0.05, 0.1) is 28.1 Å². The Kier molecular flexibility index (Phi) is 4.48. The van der Waals surface area contributed by atoms with E-state index in [1.807, 2.05) is 48.5 Å². The van der Waals surface area contributed by atoms with E-state index >= 15 is 0 Å². The molecule has 0 aliphatic heterocycles. The number of anilines is 2. The van der Waals surface area contributed by atoms with Crippen LogP contribution in [0.3, 0.4) is 0 Å². The molecule has 0 aliphatic rings. The van der Waals surface area contributed by atoms with Crippen molar-refractivity contribution in [3.8, 4) is 0 Å². The molecule has 0 aliphatic carbocycles. The molecule has 27 heavy (non-hydrogen) atoms. The van der Waals surface area contributed by atoms with Crippen LogP contribution in [0.5, 0.6) is 0 Å². The number of carbonyl (C=O) groups excluding carboxylic acids is 1. The van der Waals surface area contributed by atoms with Crippen LogP contribution in [0.15, 0.2) is 77.6 Å². The van der Waals surface area contributed by atoms with E-state index in [1.54, 1.807) is 28.8 Å². The molecule has 0 bridgehead atoms. The topological polar surface area (TPSA) is 77.1 Å². The number of benzene rings is 3. The zero-order valence-corrected chi connectivity index (χ0v) is 15.2. The number of rotatable bonds is 4. The average molecular weight is 375 g/mol. The van der Waals surface area contributed by atoms with Crippen molar-refractivity contribution in [1.29, 1.82) is 0 Å². The van der Waals surface area contributed by atoms with Gasteiger partial charge in [-0.15, -0.1) is 0 Å². The molecular formula is C21H17N3O2S. The molecular weight excluding hydrogens is 358 g/mol. The van der Waals surface area contributed by atoms with Crippen molar-refractivity contribution in [3.63, 3.8) is 0 Å². The first kappa shape index (κ1) is 17.1. The Hall–Kier alpha value is -3.38. The fourth-order valence-corrected chi connectivity index (χ4v) is 3.80. The number of nitrogens with two attached hydrogens (primary N) is 1. The molecule has 0 fully saturated rings. The van der Waals surface area contributed by atoms with Crippen molar-refractivity contribution >= 4 is 38.8 Å². The summed E-state index contributed by atoms with van der Waals surface area (Å²) < 4.78 is 2.72. The Morgan fingerprint density at radius 1 is 0.963 bits per heavy atom. The van der Waals surface area contributed by atoms with E-state index in [4.69, 9.17) is 5.73 Å². The summed E-state index contributed by atoms with van der Waals surface area (Å²) in [4.78, 5) is 24.7. The van der Waals surface area contributed by atoms with E-state index in [0.29, 0.717) is 23.5 Å². The standard InChI is InChI=1S/C21H17N3O2S/c22-16-5-1-2-6-17(16)23-20(25)15-11-9-14(10-12-15)13-24-18-7-3-4-8-19(18)27-21(24)26/h1-12H,13,22H2,(H,23,25). The molecule has 1 aromatic heterocycles. The van der Waals surface area contributed by atoms with Crippen LogP contribution in [0, 0.1) is 0 Å². The van der Waals surface area contributed by atoms with Gasteiger partial charge in [-0.2, -0.15) is 0 Å². The summed E-state index contributed by atoms with van der Waals surface area (Å²) in [6.07, 6.45) is 0. The van der Waals surface area contributed by atoms with Crippen molar-refractivity contribution in [2.75, 3.05) is 11.1 Å². The number of fused-ring (bicyclic) bond motifs is 1. The fraction of sp³-hybridized carbons (Fsp3) is 0.0476. The van der Waals surface area contributed by atoms with Crippen molar-refractivity contribution in [2.45, 2.75) is 6.54 Å². The van der Waals surface area contributed by atoms with Gasteiger partial charge in [-0.05, 0) is 42.0 Å². The molecule has 4 rings (SSSR count). The van der Waals surface area contributed by atoms with Gasteiger partial charge in [0.1, 0.15) is 0 Å². The maximum Gasteiger partial charge on any atom is 0.308 e. The Bertz CT molecular complexity index is 1180. The first-order valence-electron chi connectivity index (χ1n) is 8.45. The van der Waals surface area contributed by atoms with Gasteiger partial charge >= 0.3 is 4.87 Å². The van der Waals surface area contributed by atoms with Crippen molar-refractivity contribution in [2.24, 2.45) is 0 Å². The van der Waals surface area contributed by atoms with Crippen molar-refractivity contribution < 1.29 is 4.79 Å². The molecule has 0 saturated carbocycles. The summed E-state index contributed by atoms with van der Waals surface area (Å²) in [5.41, 5.74) is 9.38. The summed E-state index contributed by atoms with van der Waals surface area (Å²) in [5, 5.41) is 2.81. The lowest BCUT2D eigenvalue weighted by Gasteiger charge is -2.09. The monoisotopic (exact) mass is 375 g/mol. The van der Waals surface area contributed by atoms with Crippen molar-refractivity contribution in [1.82, 2.24) is 4.57 Å². The molecule has 134 valence electrons. The molecule has 0 atom stereocenters. The van der Waals surface area contributed by atoms with E-state index in [-0.39, 0.29) is 10.8 Å². The quantitative estimate of drug-likeness (QED) is 0.530. The van der Waals surface area contributed by atoms with Crippen LogP contribution >= 0.6 is 11.3 Å². The molecule has 0 saturated heterocycles. The number of hydrogen-bond acceptors (Lipinski definition) is 4. The molecule has 1 amide bonds. The molecule has 5 nitrogen and oxygen atoms in total. The zero-order chi connectivity index (χ0) is 18.8. The predicted octanol–water partition coefficient (Wildman–Crippen LogP) is 3.95. The lowest BCUT2D eigenvalue weighted by Crippen LogP contribution is -2.15. The van der Waals surface area contributed by atoms with E-state index in [1.165, 1.54) is 11.3 Å². The van der Waals surface area contributed by atoms with E-state index in [0.717, 1.165) is 15.8 Å². The second-order valence-corrected chi connectivity index (χ2v) is 7.15. The highest BCUT2D eigenvalue weighted by molar-refractivity contribution is 7.16. The first-order chi connectivity index (χ1) is 13.1.